The Labute approximate surface area is 97.3 Å². The van der Waals surface area contributed by atoms with Crippen LogP contribution >= 0.6 is 15.9 Å². The first-order chi connectivity index (χ1) is 7.17. The van der Waals surface area contributed by atoms with E-state index in [1.807, 2.05) is 24.3 Å². The van der Waals surface area contributed by atoms with Gasteiger partial charge >= 0.3 is 0 Å². The predicted molar refractivity (Wildman–Crippen MR) is 64.0 cm³/mol. The van der Waals surface area contributed by atoms with Gasteiger partial charge in [0.15, 0.2) is 0 Å². The van der Waals surface area contributed by atoms with Crippen LogP contribution in [0.25, 0.3) is 6.08 Å². The first-order valence-electron chi connectivity index (χ1n) is 4.40. The highest BCUT2D eigenvalue weighted by Gasteiger charge is 2.02. The van der Waals surface area contributed by atoms with Crippen molar-refractivity contribution in [2.75, 3.05) is 14.2 Å². The maximum atomic E-state index is 11.2. The van der Waals surface area contributed by atoms with Crippen LogP contribution in [0.3, 0.4) is 0 Å². The zero-order chi connectivity index (χ0) is 11.3. The highest BCUT2D eigenvalue weighted by molar-refractivity contribution is 9.12. The van der Waals surface area contributed by atoms with E-state index in [0.717, 1.165) is 11.3 Å². The second kappa shape index (κ2) is 5.56. The summed E-state index contributed by atoms with van der Waals surface area (Å²) >= 11 is 3.19. The molecule has 0 bridgehead atoms. The van der Waals surface area contributed by atoms with Gasteiger partial charge in [0.1, 0.15) is 5.75 Å². The molecule has 1 rings (SSSR count). The van der Waals surface area contributed by atoms with Gasteiger partial charge in [-0.05, 0) is 39.7 Å². The molecule has 0 aliphatic heterocycles. The Hall–Kier alpha value is -1.29. The number of hydrogen-bond donors (Lipinski definition) is 1. The van der Waals surface area contributed by atoms with Gasteiger partial charge in [0, 0.05) is 7.05 Å². The van der Waals surface area contributed by atoms with Crippen LogP contribution < -0.4 is 10.1 Å². The maximum absolute atomic E-state index is 11.2. The average molecular weight is 270 g/mol. The van der Waals surface area contributed by atoms with E-state index in [4.69, 9.17) is 4.74 Å². The third-order valence-corrected chi connectivity index (χ3v) is 2.44. The number of carbonyl (C=O) groups excluding carboxylic acids is 1. The molecule has 0 atom stereocenters. The second-order valence-corrected chi connectivity index (χ2v) is 3.70. The van der Waals surface area contributed by atoms with Crippen molar-refractivity contribution in [1.29, 1.82) is 0 Å². The zero-order valence-corrected chi connectivity index (χ0v) is 10.2. The van der Waals surface area contributed by atoms with Crippen molar-refractivity contribution in [2.45, 2.75) is 0 Å². The van der Waals surface area contributed by atoms with E-state index in [2.05, 4.69) is 21.2 Å². The molecule has 1 N–H and O–H groups in total. The molecule has 0 saturated carbocycles. The molecule has 0 unspecified atom stereocenters. The van der Waals surface area contributed by atoms with E-state index >= 15 is 0 Å². The molecule has 0 saturated heterocycles. The summed E-state index contributed by atoms with van der Waals surface area (Å²) in [6.45, 7) is 0. The fourth-order valence-electron chi connectivity index (χ4n) is 1.03. The molecule has 0 heterocycles. The number of likely N-dealkylation sites (N-methyl/N-ethyl adjacent to an activating group) is 1. The summed E-state index contributed by atoms with van der Waals surface area (Å²) in [5.41, 5.74) is 0.936. The topological polar surface area (TPSA) is 38.3 Å². The van der Waals surface area contributed by atoms with E-state index in [1.54, 1.807) is 20.2 Å². The van der Waals surface area contributed by atoms with Gasteiger partial charge in [0.25, 0.3) is 5.91 Å². The van der Waals surface area contributed by atoms with Gasteiger partial charge in [-0.25, -0.2) is 0 Å². The lowest BCUT2D eigenvalue weighted by Crippen LogP contribution is -2.17. The number of ether oxygens (including phenoxy) is 1. The minimum Gasteiger partial charge on any atom is -0.497 e. The molecule has 0 aromatic heterocycles. The lowest BCUT2D eigenvalue weighted by Gasteiger charge is -2.00. The number of carbonyl (C=O) groups is 1. The maximum Gasteiger partial charge on any atom is 0.258 e. The number of hydrogen-bond acceptors (Lipinski definition) is 2. The smallest absolute Gasteiger partial charge is 0.258 e. The molecule has 0 aliphatic carbocycles. The molecule has 0 fully saturated rings. The number of methoxy groups -OCH3 is 1. The molecule has 15 heavy (non-hydrogen) atoms. The third-order valence-electron chi connectivity index (χ3n) is 1.85. The Morgan fingerprint density at radius 1 is 1.40 bits per heavy atom. The van der Waals surface area contributed by atoms with Gasteiger partial charge in [0.05, 0.1) is 11.6 Å². The number of benzene rings is 1. The fraction of sp³-hybridized carbons (Fsp3) is 0.182. The normalized spacial score (nSPS) is 11.0. The summed E-state index contributed by atoms with van der Waals surface area (Å²) in [6, 6.07) is 7.44. The Morgan fingerprint density at radius 2 is 2.00 bits per heavy atom. The van der Waals surface area contributed by atoms with Crippen molar-refractivity contribution in [3.63, 3.8) is 0 Å². The molecule has 80 valence electrons. The fourth-order valence-corrected chi connectivity index (χ4v) is 1.49. The van der Waals surface area contributed by atoms with E-state index < -0.39 is 0 Å². The number of amides is 1. The summed E-state index contributed by atoms with van der Waals surface area (Å²) in [6.07, 6.45) is 1.75. The van der Waals surface area contributed by atoms with E-state index in [1.165, 1.54) is 0 Å². The number of rotatable bonds is 3. The Bertz CT molecular complexity index is 371. The summed E-state index contributed by atoms with van der Waals surface area (Å²) in [7, 11) is 3.21. The lowest BCUT2D eigenvalue weighted by atomic mass is 10.2. The SMILES string of the molecule is CNC(=O)/C(Br)=C/c1ccc(OC)cc1. The molecule has 1 amide bonds. The van der Waals surface area contributed by atoms with Gasteiger partial charge in [-0.1, -0.05) is 12.1 Å². The quantitative estimate of drug-likeness (QED) is 0.855. The van der Waals surface area contributed by atoms with Crippen LogP contribution in [-0.2, 0) is 4.79 Å². The summed E-state index contributed by atoms with van der Waals surface area (Å²) in [4.78, 5) is 11.2. The van der Waals surface area contributed by atoms with Gasteiger partial charge in [-0.15, -0.1) is 0 Å². The lowest BCUT2D eigenvalue weighted by molar-refractivity contribution is -0.116. The summed E-state index contributed by atoms with van der Waals surface area (Å²) in [5, 5.41) is 2.53. The molecular formula is C11H12BrNO2. The monoisotopic (exact) mass is 269 g/mol. The van der Waals surface area contributed by atoms with Crippen LogP contribution in [-0.4, -0.2) is 20.1 Å². The minimum atomic E-state index is -0.147. The molecule has 0 aliphatic rings. The van der Waals surface area contributed by atoms with Gasteiger partial charge in [-0.2, -0.15) is 0 Å². The molecule has 4 heteroatoms. The predicted octanol–water partition coefficient (Wildman–Crippen LogP) is 2.18. The molecular weight excluding hydrogens is 258 g/mol. The van der Waals surface area contributed by atoms with Crippen molar-refractivity contribution in [1.82, 2.24) is 5.32 Å². The molecule has 1 aromatic carbocycles. The third kappa shape index (κ3) is 3.40. The molecule has 0 radical (unpaired) electrons. The molecule has 1 aromatic rings. The first-order valence-corrected chi connectivity index (χ1v) is 5.20. The minimum absolute atomic E-state index is 0.147. The van der Waals surface area contributed by atoms with E-state index in [9.17, 15) is 4.79 Å². The van der Waals surface area contributed by atoms with Crippen LogP contribution in [0, 0.1) is 0 Å². The van der Waals surface area contributed by atoms with E-state index in [0.29, 0.717) is 4.48 Å². The second-order valence-electron chi connectivity index (χ2n) is 2.84. The largest absolute Gasteiger partial charge is 0.497 e. The standard InChI is InChI=1S/C11H12BrNO2/c1-13-11(14)10(12)7-8-3-5-9(15-2)6-4-8/h3-7H,1-2H3,(H,13,14)/b10-7-. The van der Waals surface area contributed by atoms with Crippen molar-refractivity contribution >= 4 is 27.9 Å². The average Bonchev–Trinajstić information content (AvgIpc) is 2.29. The van der Waals surface area contributed by atoms with Crippen LogP contribution in [0.2, 0.25) is 0 Å². The van der Waals surface area contributed by atoms with Crippen LogP contribution in [0.5, 0.6) is 5.75 Å². The summed E-state index contributed by atoms with van der Waals surface area (Å²) < 4.78 is 5.53. The highest BCUT2D eigenvalue weighted by atomic mass is 79.9. The number of nitrogens with one attached hydrogen (secondary N) is 1. The van der Waals surface area contributed by atoms with Crippen LogP contribution in [0.4, 0.5) is 0 Å². The summed E-state index contributed by atoms with van der Waals surface area (Å²) in [5.74, 6) is 0.647. The van der Waals surface area contributed by atoms with Crippen molar-refractivity contribution in [2.24, 2.45) is 0 Å². The number of halogens is 1. The van der Waals surface area contributed by atoms with Crippen molar-refractivity contribution < 1.29 is 9.53 Å². The van der Waals surface area contributed by atoms with Crippen LogP contribution in [0.15, 0.2) is 28.7 Å². The molecule has 3 nitrogen and oxygen atoms in total. The Balaban J connectivity index is 2.84. The first kappa shape index (κ1) is 11.8. The van der Waals surface area contributed by atoms with Gasteiger partial charge in [0.2, 0.25) is 0 Å². The molecule has 0 spiro atoms. The van der Waals surface area contributed by atoms with Crippen LogP contribution in [0.1, 0.15) is 5.56 Å². The Morgan fingerprint density at radius 3 is 2.47 bits per heavy atom. The van der Waals surface area contributed by atoms with Crippen molar-refractivity contribution in [3.05, 3.63) is 34.3 Å². The Kier molecular flexibility index (Phi) is 4.37. The van der Waals surface area contributed by atoms with Gasteiger partial charge in [-0.3, -0.25) is 4.79 Å². The zero-order valence-electron chi connectivity index (χ0n) is 8.58. The van der Waals surface area contributed by atoms with Gasteiger partial charge < -0.3 is 10.1 Å². The van der Waals surface area contributed by atoms with Crippen molar-refractivity contribution in [3.8, 4) is 5.75 Å². The highest BCUT2D eigenvalue weighted by Crippen LogP contribution is 2.16. The van der Waals surface area contributed by atoms with E-state index in [-0.39, 0.29) is 5.91 Å².